The number of hydrogen-bond acceptors (Lipinski definition) is 12. The molecular formula is C42H50N8O12P2. The number of carbonyl (C=O) groups excluding carboxylic acids is 2. The van der Waals surface area contributed by atoms with Gasteiger partial charge in [-0.25, -0.2) is 18.7 Å². The minimum atomic E-state index is -3.11. The summed E-state index contributed by atoms with van der Waals surface area (Å²) in [4.78, 5) is 48.3. The van der Waals surface area contributed by atoms with Gasteiger partial charge in [-0.1, -0.05) is 12.1 Å². The Kier molecular flexibility index (Phi) is 11.5. The first kappa shape index (κ1) is 38.9. The molecule has 4 aromatic rings. The van der Waals surface area contributed by atoms with Crippen molar-refractivity contribution in [1.82, 2.24) is 28.5 Å². The summed E-state index contributed by atoms with van der Waals surface area (Å²) in [5.41, 5.74) is 0.548. The van der Waals surface area contributed by atoms with Crippen LogP contribution in [-0.4, -0.2) is 131 Å². The highest BCUT2D eigenvalue weighted by atomic mass is 31.2. The summed E-state index contributed by atoms with van der Waals surface area (Å²) in [5, 5.41) is 23.2. The molecule has 20 nitrogen and oxygen atoms in total. The topological polar surface area (TPSA) is 210 Å². The van der Waals surface area contributed by atoms with Gasteiger partial charge in [0.1, 0.15) is 11.5 Å². The van der Waals surface area contributed by atoms with Crippen LogP contribution < -0.4 is 9.47 Å². The average Bonchev–Trinajstić information content (AvgIpc) is 4.11. The normalized spacial score (nSPS) is 18.8. The van der Waals surface area contributed by atoms with Crippen molar-refractivity contribution in [2.24, 2.45) is 0 Å². The van der Waals surface area contributed by atoms with Gasteiger partial charge in [-0.3, -0.25) is 48.0 Å². The number of ether oxygens (including phenoxy) is 2. The SMILES string of the molecule is [2H]C([2H])([2H])N(C)C(=O)c1cccc(Oc2cc([C@@H](C)OP(=O)(N3CC3)N3CC3)ccc2[N+](=O)[O-])c1.[2H]C([2H])([2H])N(C)C(=O)c1cccc(Oc2cc([C@H](C)OP(=O)(N3CC3)N3CC3)ccc2[N+](=O)[O-])c1. The van der Waals surface area contributed by atoms with Crippen LogP contribution in [0.4, 0.5) is 11.4 Å². The molecule has 0 unspecified atom stereocenters. The third-order valence-electron chi connectivity index (χ3n) is 10.2. The zero-order chi connectivity index (χ0) is 51.1. The van der Waals surface area contributed by atoms with Crippen LogP contribution in [0.5, 0.6) is 23.0 Å². The molecule has 4 aromatic carbocycles. The van der Waals surface area contributed by atoms with Crippen molar-refractivity contribution in [3.05, 3.63) is 127 Å². The summed E-state index contributed by atoms with van der Waals surface area (Å²) in [5.74, 6) is -1.46. The van der Waals surface area contributed by atoms with Crippen LogP contribution in [0.3, 0.4) is 0 Å². The van der Waals surface area contributed by atoms with Crippen molar-refractivity contribution in [1.29, 1.82) is 0 Å². The largest absolute Gasteiger partial charge is 0.450 e. The van der Waals surface area contributed by atoms with Crippen LogP contribution in [0.1, 0.15) is 66.1 Å². The molecule has 0 radical (unpaired) electrons. The number of nitrogens with zero attached hydrogens (tertiary/aromatic N) is 8. The monoisotopic (exact) mass is 926 g/mol. The van der Waals surface area contributed by atoms with E-state index >= 15 is 0 Å². The highest BCUT2D eigenvalue weighted by Crippen LogP contribution is 2.64. The Morgan fingerprint density at radius 1 is 0.609 bits per heavy atom. The maximum atomic E-state index is 13.3. The second kappa shape index (κ2) is 18.9. The third kappa shape index (κ3) is 10.9. The molecule has 4 heterocycles. The van der Waals surface area contributed by atoms with Gasteiger partial charge in [0.15, 0.2) is 0 Å². The lowest BCUT2D eigenvalue weighted by atomic mass is 10.1. The number of carbonyl (C=O) groups is 2. The Labute approximate surface area is 378 Å². The number of amides is 2. The van der Waals surface area contributed by atoms with Crippen molar-refractivity contribution >= 4 is 38.5 Å². The van der Waals surface area contributed by atoms with Gasteiger partial charge >= 0.3 is 26.7 Å². The average molecular weight is 927 g/mol. The van der Waals surface area contributed by atoms with Crippen molar-refractivity contribution in [2.75, 3.05) is 80.4 Å². The van der Waals surface area contributed by atoms with Crippen LogP contribution in [0, 0.1) is 20.2 Å². The van der Waals surface area contributed by atoms with E-state index in [1.807, 2.05) is 0 Å². The van der Waals surface area contributed by atoms with Gasteiger partial charge in [0, 0.05) is 112 Å². The highest BCUT2D eigenvalue weighted by molar-refractivity contribution is 7.54. The van der Waals surface area contributed by atoms with E-state index in [9.17, 15) is 38.9 Å². The van der Waals surface area contributed by atoms with E-state index in [0.717, 1.165) is 14.1 Å². The van der Waals surface area contributed by atoms with Crippen LogP contribution in [0.25, 0.3) is 0 Å². The lowest BCUT2D eigenvalue weighted by molar-refractivity contribution is -0.385. The molecule has 4 saturated heterocycles. The lowest BCUT2D eigenvalue weighted by Crippen LogP contribution is -2.21. The molecule has 0 bridgehead atoms. The van der Waals surface area contributed by atoms with Crippen LogP contribution in [-0.2, 0) is 18.2 Å². The van der Waals surface area contributed by atoms with Crippen molar-refractivity contribution in [2.45, 2.75) is 26.1 Å². The smallest absolute Gasteiger partial charge is 0.346 e. The quantitative estimate of drug-likeness (QED) is 0.0403. The van der Waals surface area contributed by atoms with Crippen LogP contribution in [0.2, 0.25) is 0 Å². The van der Waals surface area contributed by atoms with E-state index in [2.05, 4.69) is 0 Å². The summed E-state index contributed by atoms with van der Waals surface area (Å²) in [6.07, 6.45) is -1.27. The van der Waals surface area contributed by atoms with Gasteiger partial charge in [-0.05, 0) is 85.6 Å². The molecular weight excluding hydrogens is 870 g/mol. The minimum Gasteiger partial charge on any atom is -0.450 e. The van der Waals surface area contributed by atoms with E-state index in [0.29, 0.717) is 73.3 Å². The fraction of sp³-hybridized carbons (Fsp3) is 0.381. The van der Waals surface area contributed by atoms with E-state index < -0.39 is 63.2 Å². The standard InChI is InChI=1S/2C21H25N4O6P/c2*1-15(31-32(29,23-9-10-23)24-11-12-24)16-7-8-19(25(27)28)20(14-16)30-18-6-4-5-17(13-18)21(26)22(2)3/h2*4-8,13-15H,9-12H2,1-3H3/t2*15-/m10/s1/i2*2D3. The predicted molar refractivity (Wildman–Crippen MR) is 236 cm³/mol. The number of nitro benzene ring substituents is 2. The first-order valence-electron chi connectivity index (χ1n) is 23.1. The summed E-state index contributed by atoms with van der Waals surface area (Å²) >= 11 is 0. The van der Waals surface area contributed by atoms with Crippen LogP contribution >= 0.6 is 15.3 Å². The molecule has 0 aliphatic carbocycles. The summed E-state index contributed by atoms with van der Waals surface area (Å²) in [6, 6.07) is 20.0. The number of hydrogen-bond donors (Lipinski definition) is 0. The van der Waals surface area contributed by atoms with Gasteiger partial charge in [0.25, 0.3) is 11.8 Å². The van der Waals surface area contributed by atoms with Gasteiger partial charge in [0.2, 0.25) is 11.5 Å². The Hall–Kier alpha value is -5.56. The molecule has 0 spiro atoms. The predicted octanol–water partition coefficient (Wildman–Crippen LogP) is 7.81. The number of rotatable bonds is 18. The molecule has 8 rings (SSSR count). The Morgan fingerprint density at radius 2 is 0.953 bits per heavy atom. The van der Waals surface area contributed by atoms with Gasteiger partial charge in [-0.2, -0.15) is 0 Å². The first-order valence-corrected chi connectivity index (χ1v) is 23.1. The molecule has 64 heavy (non-hydrogen) atoms. The highest BCUT2D eigenvalue weighted by Gasteiger charge is 2.51. The fourth-order valence-electron chi connectivity index (χ4n) is 6.41. The zero-order valence-electron chi connectivity index (χ0n) is 41.3. The van der Waals surface area contributed by atoms with Crippen molar-refractivity contribution < 1.29 is 55.3 Å². The molecule has 340 valence electrons. The fourth-order valence-corrected chi connectivity index (χ4v) is 11.1. The Morgan fingerprint density at radius 3 is 1.25 bits per heavy atom. The third-order valence-corrected chi connectivity index (χ3v) is 15.9. The molecule has 0 N–H and O–H groups in total. The Balaban J connectivity index is 0.000000206. The minimum absolute atomic E-state index is 0.0505. The molecule has 4 fully saturated rings. The van der Waals surface area contributed by atoms with Gasteiger partial charge in [-0.15, -0.1) is 0 Å². The second-order valence-electron chi connectivity index (χ2n) is 15.2. The maximum absolute atomic E-state index is 13.3. The number of benzene rings is 4. The van der Waals surface area contributed by atoms with Gasteiger partial charge < -0.3 is 19.3 Å². The Bertz CT molecular complexity index is 2560. The molecule has 22 heteroatoms. The van der Waals surface area contributed by atoms with E-state index in [-0.39, 0.29) is 45.5 Å². The molecule has 4 aliphatic heterocycles. The molecule has 2 atom stereocenters. The summed E-state index contributed by atoms with van der Waals surface area (Å²) < 4.78 is 102. The zero-order valence-corrected chi connectivity index (χ0v) is 37.1. The lowest BCUT2D eigenvalue weighted by Gasteiger charge is -2.24. The number of nitro groups is 2. The molecule has 0 saturated carbocycles. The van der Waals surface area contributed by atoms with E-state index in [4.69, 9.17) is 26.7 Å². The maximum Gasteiger partial charge on any atom is 0.346 e. The molecule has 4 aliphatic rings. The molecule has 2 amide bonds. The van der Waals surface area contributed by atoms with Gasteiger partial charge in [0.05, 0.1) is 22.1 Å². The summed E-state index contributed by atoms with van der Waals surface area (Å²) in [7, 11) is -3.90. The molecule has 0 aromatic heterocycles. The summed E-state index contributed by atoms with van der Waals surface area (Å²) in [6.45, 7) is 3.76. The van der Waals surface area contributed by atoms with Crippen molar-refractivity contribution in [3.8, 4) is 23.0 Å². The van der Waals surface area contributed by atoms with Crippen LogP contribution in [0.15, 0.2) is 84.9 Å². The second-order valence-corrected chi connectivity index (χ2v) is 19.9. The van der Waals surface area contributed by atoms with E-state index in [1.165, 1.54) is 84.9 Å². The first-order chi connectivity index (χ1) is 32.8. The van der Waals surface area contributed by atoms with E-state index in [1.54, 1.807) is 32.5 Å². The van der Waals surface area contributed by atoms with Crippen molar-refractivity contribution in [3.63, 3.8) is 0 Å².